The molecule has 5 heteroatoms. The third-order valence-electron chi connectivity index (χ3n) is 4.79. The molecule has 0 fully saturated rings. The summed E-state index contributed by atoms with van der Waals surface area (Å²) in [4.78, 5) is 25.9. The molecule has 140 valence electrons. The standard InChI is InChI=1S/C23H18INO3/c24-17-10-6-9-16(13-17)21(15-7-2-1-3-8-15)25-23(27)19-14-28-20-12-5-4-11-18(20)22(19)26/h1-13,19,21H,14H2,(H,25,27). The molecule has 2 atom stereocenters. The molecule has 2 unspecified atom stereocenters. The number of carbonyl (C=O) groups is 2. The van der Waals surface area contributed by atoms with Crippen LogP contribution in [0.1, 0.15) is 27.5 Å². The van der Waals surface area contributed by atoms with Crippen molar-refractivity contribution in [2.24, 2.45) is 5.92 Å². The molecular weight excluding hydrogens is 465 g/mol. The largest absolute Gasteiger partial charge is 0.492 e. The van der Waals surface area contributed by atoms with E-state index >= 15 is 0 Å². The SMILES string of the molecule is O=C(NC(c1ccccc1)c1cccc(I)c1)C1COc2ccccc2C1=O. The average molecular weight is 483 g/mol. The number of Topliss-reactive ketones (excluding diaryl/α,β-unsaturated/α-hetero) is 1. The van der Waals surface area contributed by atoms with Crippen LogP contribution in [0, 0.1) is 9.49 Å². The number of amides is 1. The number of rotatable bonds is 4. The van der Waals surface area contributed by atoms with E-state index < -0.39 is 5.92 Å². The monoisotopic (exact) mass is 483 g/mol. The number of halogens is 1. The molecule has 0 saturated heterocycles. The summed E-state index contributed by atoms with van der Waals surface area (Å²) >= 11 is 2.25. The lowest BCUT2D eigenvalue weighted by atomic mass is 9.92. The predicted molar refractivity (Wildman–Crippen MR) is 115 cm³/mol. The summed E-state index contributed by atoms with van der Waals surface area (Å²) in [5.41, 5.74) is 2.39. The Morgan fingerprint density at radius 2 is 1.68 bits per heavy atom. The Labute approximate surface area is 177 Å². The van der Waals surface area contributed by atoms with Gasteiger partial charge in [-0.2, -0.15) is 0 Å². The van der Waals surface area contributed by atoms with Crippen LogP contribution in [0.4, 0.5) is 0 Å². The Balaban J connectivity index is 1.62. The molecule has 0 saturated carbocycles. The summed E-state index contributed by atoms with van der Waals surface area (Å²) in [5, 5.41) is 3.06. The van der Waals surface area contributed by atoms with E-state index in [0.29, 0.717) is 11.3 Å². The van der Waals surface area contributed by atoms with Gasteiger partial charge in [-0.25, -0.2) is 0 Å². The van der Waals surface area contributed by atoms with Crippen LogP contribution < -0.4 is 10.1 Å². The first-order valence-corrected chi connectivity index (χ1v) is 10.1. The normalized spacial score (nSPS) is 16.6. The molecule has 1 heterocycles. The molecule has 1 aliphatic heterocycles. The Morgan fingerprint density at radius 3 is 2.46 bits per heavy atom. The average Bonchev–Trinajstić information content (AvgIpc) is 2.73. The molecule has 28 heavy (non-hydrogen) atoms. The van der Waals surface area contributed by atoms with Gasteiger partial charge in [0.05, 0.1) is 11.6 Å². The fourth-order valence-electron chi connectivity index (χ4n) is 3.36. The summed E-state index contributed by atoms with van der Waals surface area (Å²) < 4.78 is 6.74. The number of nitrogens with one attached hydrogen (secondary N) is 1. The lowest BCUT2D eigenvalue weighted by Crippen LogP contribution is -2.42. The van der Waals surface area contributed by atoms with Gasteiger partial charge in [0.25, 0.3) is 0 Å². The van der Waals surface area contributed by atoms with E-state index in [1.54, 1.807) is 18.2 Å². The van der Waals surface area contributed by atoms with Crippen molar-refractivity contribution < 1.29 is 14.3 Å². The molecule has 0 aromatic heterocycles. The van der Waals surface area contributed by atoms with Crippen LogP contribution in [0.25, 0.3) is 0 Å². The van der Waals surface area contributed by atoms with Crippen LogP contribution in [0.15, 0.2) is 78.9 Å². The summed E-state index contributed by atoms with van der Waals surface area (Å²) in [6.07, 6.45) is 0. The number of hydrogen-bond donors (Lipinski definition) is 1. The number of hydrogen-bond acceptors (Lipinski definition) is 3. The van der Waals surface area contributed by atoms with Crippen molar-refractivity contribution in [2.75, 3.05) is 6.61 Å². The number of benzene rings is 3. The van der Waals surface area contributed by atoms with Crippen molar-refractivity contribution in [1.29, 1.82) is 0 Å². The molecule has 0 aliphatic carbocycles. The fraction of sp³-hybridized carbons (Fsp3) is 0.130. The van der Waals surface area contributed by atoms with Crippen LogP contribution in [-0.2, 0) is 4.79 Å². The van der Waals surface area contributed by atoms with Gasteiger partial charge in [0, 0.05) is 3.57 Å². The molecule has 1 amide bonds. The first-order valence-electron chi connectivity index (χ1n) is 9.00. The highest BCUT2D eigenvalue weighted by Gasteiger charge is 2.35. The molecule has 3 aromatic carbocycles. The first-order chi connectivity index (χ1) is 13.6. The van der Waals surface area contributed by atoms with E-state index in [1.807, 2.05) is 60.7 Å². The van der Waals surface area contributed by atoms with Gasteiger partial charge in [-0.3, -0.25) is 9.59 Å². The van der Waals surface area contributed by atoms with Crippen molar-refractivity contribution in [2.45, 2.75) is 6.04 Å². The van der Waals surface area contributed by atoms with E-state index in [-0.39, 0.29) is 24.3 Å². The Hall–Kier alpha value is -2.67. The second-order valence-electron chi connectivity index (χ2n) is 6.63. The quantitative estimate of drug-likeness (QED) is 0.443. The first kappa shape index (κ1) is 18.7. The minimum absolute atomic E-state index is 0.0511. The maximum absolute atomic E-state index is 13.0. The maximum atomic E-state index is 13.0. The predicted octanol–water partition coefficient (Wildman–Crippen LogP) is 4.39. The zero-order chi connectivity index (χ0) is 19.5. The zero-order valence-electron chi connectivity index (χ0n) is 15.0. The van der Waals surface area contributed by atoms with E-state index in [0.717, 1.165) is 14.7 Å². The molecular formula is C23H18INO3. The lowest BCUT2D eigenvalue weighted by Gasteiger charge is -2.26. The Morgan fingerprint density at radius 1 is 0.964 bits per heavy atom. The number of ketones is 1. The summed E-state index contributed by atoms with van der Waals surface area (Å²) in [7, 11) is 0. The van der Waals surface area contributed by atoms with Gasteiger partial charge in [-0.15, -0.1) is 0 Å². The third kappa shape index (κ3) is 3.80. The van der Waals surface area contributed by atoms with E-state index in [1.165, 1.54) is 0 Å². The molecule has 4 nitrogen and oxygen atoms in total. The maximum Gasteiger partial charge on any atom is 0.235 e. The third-order valence-corrected chi connectivity index (χ3v) is 5.46. The van der Waals surface area contributed by atoms with Crippen LogP contribution in [0.2, 0.25) is 0 Å². The van der Waals surface area contributed by atoms with Crippen molar-refractivity contribution in [3.8, 4) is 5.75 Å². The van der Waals surface area contributed by atoms with Gasteiger partial charge in [-0.1, -0.05) is 54.6 Å². The van der Waals surface area contributed by atoms with Crippen molar-refractivity contribution in [3.05, 3.63) is 99.1 Å². The highest BCUT2D eigenvalue weighted by atomic mass is 127. The minimum Gasteiger partial charge on any atom is -0.492 e. The van der Waals surface area contributed by atoms with Gasteiger partial charge < -0.3 is 10.1 Å². The van der Waals surface area contributed by atoms with E-state index in [9.17, 15) is 9.59 Å². The Kier molecular flexibility index (Phi) is 5.43. The van der Waals surface area contributed by atoms with Crippen LogP contribution in [0.5, 0.6) is 5.75 Å². The van der Waals surface area contributed by atoms with Gasteiger partial charge in [0.2, 0.25) is 5.91 Å². The van der Waals surface area contributed by atoms with Gasteiger partial charge >= 0.3 is 0 Å². The second-order valence-corrected chi connectivity index (χ2v) is 7.88. The van der Waals surface area contributed by atoms with Crippen molar-refractivity contribution in [1.82, 2.24) is 5.32 Å². The molecule has 4 rings (SSSR count). The lowest BCUT2D eigenvalue weighted by molar-refractivity contribution is -0.125. The molecule has 0 spiro atoms. The van der Waals surface area contributed by atoms with Gasteiger partial charge in [-0.05, 0) is 58.0 Å². The molecule has 0 bridgehead atoms. The summed E-state index contributed by atoms with van der Waals surface area (Å²) in [5.74, 6) is -0.848. The smallest absolute Gasteiger partial charge is 0.235 e. The summed E-state index contributed by atoms with van der Waals surface area (Å²) in [6.45, 7) is 0.0511. The number of carbonyl (C=O) groups excluding carboxylic acids is 2. The molecule has 1 N–H and O–H groups in total. The topological polar surface area (TPSA) is 55.4 Å². The number of fused-ring (bicyclic) bond motifs is 1. The second kappa shape index (κ2) is 8.14. The van der Waals surface area contributed by atoms with Crippen LogP contribution in [-0.4, -0.2) is 18.3 Å². The van der Waals surface area contributed by atoms with E-state index in [4.69, 9.17) is 4.74 Å². The van der Waals surface area contributed by atoms with E-state index in [2.05, 4.69) is 27.9 Å². The Bertz CT molecular complexity index is 1020. The van der Waals surface area contributed by atoms with Crippen molar-refractivity contribution >= 4 is 34.3 Å². The number of ether oxygens (including phenoxy) is 1. The van der Waals surface area contributed by atoms with Crippen LogP contribution in [0.3, 0.4) is 0 Å². The number of para-hydroxylation sites is 1. The molecule has 3 aromatic rings. The van der Waals surface area contributed by atoms with Crippen molar-refractivity contribution in [3.63, 3.8) is 0 Å². The summed E-state index contributed by atoms with van der Waals surface area (Å²) in [6, 6.07) is 24.4. The highest BCUT2D eigenvalue weighted by Crippen LogP contribution is 2.29. The fourth-order valence-corrected chi connectivity index (χ4v) is 3.93. The zero-order valence-corrected chi connectivity index (χ0v) is 17.1. The van der Waals surface area contributed by atoms with Crippen LogP contribution >= 0.6 is 22.6 Å². The van der Waals surface area contributed by atoms with Gasteiger partial charge in [0.1, 0.15) is 18.3 Å². The molecule has 0 radical (unpaired) electrons. The van der Waals surface area contributed by atoms with Gasteiger partial charge in [0.15, 0.2) is 5.78 Å². The molecule has 1 aliphatic rings. The highest BCUT2D eigenvalue weighted by molar-refractivity contribution is 14.1. The minimum atomic E-state index is -0.858.